The number of rotatable bonds is 2. The summed E-state index contributed by atoms with van der Waals surface area (Å²) in [7, 11) is 1.79. The van der Waals surface area contributed by atoms with E-state index in [1.54, 1.807) is 17.7 Å². The van der Waals surface area contributed by atoms with Crippen LogP contribution >= 0.6 is 0 Å². The molecule has 3 nitrogen and oxygen atoms in total. The van der Waals surface area contributed by atoms with Gasteiger partial charge in [-0.05, 0) is 49.6 Å². The fourth-order valence-electron chi connectivity index (χ4n) is 2.49. The summed E-state index contributed by atoms with van der Waals surface area (Å²) in [5.74, 6) is 0.864. The van der Waals surface area contributed by atoms with Gasteiger partial charge in [-0.15, -0.1) is 0 Å². The first-order valence-electron chi connectivity index (χ1n) is 6.67. The van der Waals surface area contributed by atoms with Crippen molar-refractivity contribution in [2.45, 2.75) is 25.4 Å². The monoisotopic (exact) mass is 255 g/mol. The van der Waals surface area contributed by atoms with Crippen LogP contribution in [0, 0.1) is 0 Å². The zero-order valence-electron chi connectivity index (χ0n) is 11.0. The van der Waals surface area contributed by atoms with Gasteiger partial charge in [0.25, 0.3) is 5.56 Å². The fraction of sp³-hybridized carbons (Fsp3) is 0.312. The molecule has 0 N–H and O–H groups in total. The predicted molar refractivity (Wildman–Crippen MR) is 76.6 cm³/mol. The predicted octanol–water partition coefficient (Wildman–Crippen LogP) is 3.03. The van der Waals surface area contributed by atoms with E-state index in [-0.39, 0.29) is 11.7 Å². The van der Waals surface area contributed by atoms with Crippen LogP contribution in [0.5, 0.6) is 5.75 Å². The highest BCUT2D eigenvalue weighted by molar-refractivity contribution is 5.80. The van der Waals surface area contributed by atoms with Crippen molar-refractivity contribution in [2.24, 2.45) is 7.05 Å². The molecule has 2 aromatic rings. The highest BCUT2D eigenvalue weighted by Gasteiger charge is 2.10. The number of allylic oxidation sites excluding steroid dienone is 1. The van der Waals surface area contributed by atoms with Gasteiger partial charge in [0.15, 0.2) is 0 Å². The molecule has 0 amide bonds. The molecule has 0 bridgehead atoms. The van der Waals surface area contributed by atoms with Gasteiger partial charge in [-0.25, -0.2) is 0 Å². The Hall–Kier alpha value is -2.03. The smallest absolute Gasteiger partial charge is 0.250 e. The van der Waals surface area contributed by atoms with Crippen LogP contribution in [0.3, 0.4) is 0 Å². The SMILES string of the molecule is Cn1c(=O)ccc2cc(OC3C=CCCC3)ccc21. The minimum Gasteiger partial charge on any atom is -0.486 e. The van der Waals surface area contributed by atoms with E-state index in [4.69, 9.17) is 4.74 Å². The molecule has 1 atom stereocenters. The van der Waals surface area contributed by atoms with E-state index in [2.05, 4.69) is 12.2 Å². The molecule has 1 aliphatic carbocycles. The number of nitrogens with zero attached hydrogens (tertiary/aromatic N) is 1. The highest BCUT2D eigenvalue weighted by atomic mass is 16.5. The van der Waals surface area contributed by atoms with Gasteiger partial charge in [0.1, 0.15) is 11.9 Å². The minimum absolute atomic E-state index is 0.0105. The van der Waals surface area contributed by atoms with Crippen molar-refractivity contribution in [2.75, 3.05) is 0 Å². The average Bonchev–Trinajstić information content (AvgIpc) is 2.44. The molecule has 1 unspecified atom stereocenters. The molecule has 1 aromatic heterocycles. The summed E-state index contributed by atoms with van der Waals surface area (Å²) >= 11 is 0. The Bertz CT molecular complexity index is 685. The van der Waals surface area contributed by atoms with E-state index in [0.29, 0.717) is 0 Å². The van der Waals surface area contributed by atoms with Gasteiger partial charge < -0.3 is 9.30 Å². The highest BCUT2D eigenvalue weighted by Crippen LogP contribution is 2.23. The molecular weight excluding hydrogens is 238 g/mol. The number of hydrogen-bond donors (Lipinski definition) is 0. The standard InChI is InChI=1S/C16H17NO2/c1-17-15-9-8-14(11-12(15)7-10-16(17)18)19-13-5-3-2-4-6-13/h3,5,7-11,13H,2,4,6H2,1H3. The van der Waals surface area contributed by atoms with Crippen LogP contribution in [0.1, 0.15) is 19.3 Å². The summed E-state index contributed by atoms with van der Waals surface area (Å²) in [5, 5.41) is 1.03. The van der Waals surface area contributed by atoms with E-state index < -0.39 is 0 Å². The second-order valence-electron chi connectivity index (χ2n) is 4.97. The molecule has 19 heavy (non-hydrogen) atoms. The second-order valence-corrected chi connectivity index (χ2v) is 4.97. The summed E-state index contributed by atoms with van der Waals surface area (Å²) in [4.78, 5) is 11.6. The number of benzene rings is 1. The van der Waals surface area contributed by atoms with E-state index in [9.17, 15) is 4.79 Å². The van der Waals surface area contributed by atoms with Crippen molar-refractivity contribution in [3.8, 4) is 5.75 Å². The molecule has 1 aliphatic rings. The lowest BCUT2D eigenvalue weighted by Gasteiger charge is -2.18. The molecule has 0 fully saturated rings. The molecule has 0 radical (unpaired) electrons. The van der Waals surface area contributed by atoms with Gasteiger partial charge in [-0.3, -0.25) is 4.79 Å². The average molecular weight is 255 g/mol. The van der Waals surface area contributed by atoms with Crippen molar-refractivity contribution in [3.05, 3.63) is 52.8 Å². The third kappa shape index (κ3) is 2.41. The molecule has 0 saturated heterocycles. The van der Waals surface area contributed by atoms with E-state index >= 15 is 0 Å². The Kier molecular flexibility index (Phi) is 3.11. The first-order chi connectivity index (χ1) is 9.24. The largest absolute Gasteiger partial charge is 0.486 e. The van der Waals surface area contributed by atoms with Crippen LogP contribution in [0.25, 0.3) is 10.9 Å². The first-order valence-corrected chi connectivity index (χ1v) is 6.67. The molecule has 0 saturated carbocycles. The Balaban J connectivity index is 1.93. The lowest BCUT2D eigenvalue weighted by atomic mass is 10.1. The third-order valence-electron chi connectivity index (χ3n) is 3.59. The molecular formula is C16H17NO2. The van der Waals surface area contributed by atoms with Crippen molar-refractivity contribution >= 4 is 10.9 Å². The van der Waals surface area contributed by atoms with Crippen molar-refractivity contribution in [1.82, 2.24) is 4.57 Å². The second kappa shape index (κ2) is 4.92. The van der Waals surface area contributed by atoms with E-state index in [1.807, 2.05) is 24.3 Å². The maximum Gasteiger partial charge on any atom is 0.250 e. The number of pyridine rings is 1. The molecule has 1 heterocycles. The summed E-state index contributed by atoms with van der Waals surface area (Å²) < 4.78 is 7.61. The van der Waals surface area contributed by atoms with Crippen LogP contribution in [-0.4, -0.2) is 10.7 Å². The number of aromatic nitrogens is 1. The molecule has 3 rings (SSSR count). The van der Waals surface area contributed by atoms with E-state index in [1.165, 1.54) is 6.42 Å². The van der Waals surface area contributed by atoms with Gasteiger partial charge in [-0.2, -0.15) is 0 Å². The molecule has 0 spiro atoms. The summed E-state index contributed by atoms with van der Waals surface area (Å²) in [5.41, 5.74) is 0.940. The van der Waals surface area contributed by atoms with Gasteiger partial charge in [0.2, 0.25) is 0 Å². The molecule has 1 aromatic carbocycles. The maximum absolute atomic E-state index is 11.6. The lowest BCUT2D eigenvalue weighted by molar-refractivity contribution is 0.230. The zero-order chi connectivity index (χ0) is 13.2. The van der Waals surface area contributed by atoms with Gasteiger partial charge in [0.05, 0.1) is 5.52 Å². The van der Waals surface area contributed by atoms with Gasteiger partial charge in [0, 0.05) is 18.5 Å². The first kappa shape index (κ1) is 12.0. The topological polar surface area (TPSA) is 31.2 Å². The fourth-order valence-corrected chi connectivity index (χ4v) is 2.49. The Morgan fingerprint density at radius 3 is 2.95 bits per heavy atom. The van der Waals surface area contributed by atoms with Crippen LogP contribution in [0.15, 0.2) is 47.3 Å². The summed E-state index contributed by atoms with van der Waals surface area (Å²) in [6.07, 6.45) is 7.90. The number of hydrogen-bond acceptors (Lipinski definition) is 2. The normalized spacial score (nSPS) is 18.7. The van der Waals surface area contributed by atoms with Crippen molar-refractivity contribution in [1.29, 1.82) is 0 Å². The van der Waals surface area contributed by atoms with Crippen molar-refractivity contribution < 1.29 is 4.74 Å². The Labute approximate surface area is 112 Å². The lowest BCUT2D eigenvalue weighted by Crippen LogP contribution is -2.16. The molecule has 0 aliphatic heterocycles. The van der Waals surface area contributed by atoms with Gasteiger partial charge >= 0.3 is 0 Å². The number of ether oxygens (including phenoxy) is 1. The Morgan fingerprint density at radius 1 is 1.26 bits per heavy atom. The third-order valence-corrected chi connectivity index (χ3v) is 3.59. The summed E-state index contributed by atoms with van der Waals surface area (Å²) in [6, 6.07) is 9.31. The van der Waals surface area contributed by atoms with Crippen LogP contribution in [0.4, 0.5) is 0 Å². The van der Waals surface area contributed by atoms with Crippen LogP contribution in [-0.2, 0) is 7.05 Å². The molecule has 3 heteroatoms. The minimum atomic E-state index is 0.0105. The quantitative estimate of drug-likeness (QED) is 0.772. The molecule has 98 valence electrons. The van der Waals surface area contributed by atoms with Crippen molar-refractivity contribution in [3.63, 3.8) is 0 Å². The van der Waals surface area contributed by atoms with E-state index in [0.717, 1.165) is 29.5 Å². The van der Waals surface area contributed by atoms with Crippen LogP contribution in [0.2, 0.25) is 0 Å². The van der Waals surface area contributed by atoms with Gasteiger partial charge in [-0.1, -0.05) is 6.08 Å². The number of fused-ring (bicyclic) bond motifs is 1. The number of aryl methyl sites for hydroxylation is 1. The summed E-state index contributed by atoms with van der Waals surface area (Å²) in [6.45, 7) is 0. The zero-order valence-corrected chi connectivity index (χ0v) is 11.0. The van der Waals surface area contributed by atoms with Crippen LogP contribution < -0.4 is 10.3 Å². The maximum atomic E-state index is 11.6. The Morgan fingerprint density at radius 2 is 2.16 bits per heavy atom.